The number of benzene rings is 2. The van der Waals surface area contributed by atoms with Crippen molar-refractivity contribution in [2.24, 2.45) is 0 Å². The number of tetrazole rings is 1. The third-order valence-electron chi connectivity index (χ3n) is 6.90. The number of Topliss-reactive ketones (excluding diaryl/α,β-unsaturated/α-hetero) is 1. The summed E-state index contributed by atoms with van der Waals surface area (Å²) in [5, 5.41) is 14.2. The summed E-state index contributed by atoms with van der Waals surface area (Å²) < 4.78 is 3.48. The number of aromatic amines is 1. The number of H-pyrrole nitrogens is 1. The molecule has 9 heteroatoms. The number of rotatable bonds is 9. The number of hydrogen-bond donors (Lipinski definition) is 1. The highest BCUT2D eigenvalue weighted by Crippen LogP contribution is 2.30. The summed E-state index contributed by atoms with van der Waals surface area (Å²) in [5.74, 6) is 0.665. The summed E-state index contributed by atoms with van der Waals surface area (Å²) in [6.45, 7) is 8.22. The van der Waals surface area contributed by atoms with E-state index in [9.17, 15) is 9.59 Å². The molecular formula is C30H31N7O2. The first kappa shape index (κ1) is 26.0. The molecular weight excluding hydrogens is 490 g/mol. The molecule has 0 unspecified atom stereocenters. The molecule has 0 atom stereocenters. The van der Waals surface area contributed by atoms with E-state index < -0.39 is 0 Å². The Morgan fingerprint density at radius 2 is 1.85 bits per heavy atom. The number of aromatic nitrogens is 7. The average molecular weight is 522 g/mol. The number of ketones is 1. The van der Waals surface area contributed by atoms with Crippen LogP contribution in [-0.4, -0.2) is 40.5 Å². The Morgan fingerprint density at radius 3 is 2.51 bits per heavy atom. The highest BCUT2D eigenvalue weighted by Gasteiger charge is 2.21. The van der Waals surface area contributed by atoms with E-state index in [1.54, 1.807) is 30.0 Å². The van der Waals surface area contributed by atoms with Crippen LogP contribution in [0.15, 0.2) is 71.9 Å². The highest BCUT2D eigenvalue weighted by molar-refractivity contribution is 5.98. The van der Waals surface area contributed by atoms with E-state index in [1.807, 2.05) is 53.2 Å². The quantitative estimate of drug-likeness (QED) is 0.267. The molecule has 9 nitrogen and oxygen atoms in total. The van der Waals surface area contributed by atoms with Crippen LogP contribution in [0.1, 0.15) is 67.2 Å². The van der Waals surface area contributed by atoms with Gasteiger partial charge in [0.25, 0.3) is 0 Å². The van der Waals surface area contributed by atoms with Gasteiger partial charge in [0, 0.05) is 41.0 Å². The number of carbonyl (C=O) groups excluding carboxylic acids is 1. The van der Waals surface area contributed by atoms with Crippen molar-refractivity contribution in [2.45, 2.75) is 53.0 Å². The van der Waals surface area contributed by atoms with Crippen LogP contribution in [0.3, 0.4) is 0 Å². The van der Waals surface area contributed by atoms with Gasteiger partial charge >= 0.3 is 5.69 Å². The van der Waals surface area contributed by atoms with Gasteiger partial charge in [-0.05, 0) is 58.5 Å². The number of nitrogens with zero attached hydrogens (tertiary/aromatic N) is 6. The van der Waals surface area contributed by atoms with E-state index in [4.69, 9.17) is 0 Å². The summed E-state index contributed by atoms with van der Waals surface area (Å²) in [6, 6.07) is 15.6. The lowest BCUT2D eigenvalue weighted by atomic mass is 9.96. The van der Waals surface area contributed by atoms with Crippen molar-refractivity contribution >= 4 is 5.78 Å². The largest absolute Gasteiger partial charge is 0.333 e. The Morgan fingerprint density at radius 1 is 1.05 bits per heavy atom. The van der Waals surface area contributed by atoms with Crippen LogP contribution in [0, 0.1) is 0 Å². The zero-order valence-electron chi connectivity index (χ0n) is 22.5. The maximum absolute atomic E-state index is 13.9. The fourth-order valence-electron chi connectivity index (χ4n) is 4.97. The summed E-state index contributed by atoms with van der Waals surface area (Å²) >= 11 is 0. The lowest BCUT2D eigenvalue weighted by Crippen LogP contribution is -2.26. The second-order valence-corrected chi connectivity index (χ2v) is 9.93. The van der Waals surface area contributed by atoms with Gasteiger partial charge in [0.1, 0.15) is 0 Å². The lowest BCUT2D eigenvalue weighted by Gasteiger charge is -2.16. The Kier molecular flexibility index (Phi) is 7.31. The minimum absolute atomic E-state index is 0.0596. The first-order chi connectivity index (χ1) is 18.9. The van der Waals surface area contributed by atoms with Gasteiger partial charge in [-0.15, -0.1) is 5.10 Å². The molecule has 0 saturated heterocycles. The van der Waals surface area contributed by atoms with Crippen LogP contribution in [-0.2, 0) is 13.0 Å². The van der Waals surface area contributed by atoms with Crippen LogP contribution in [0.2, 0.25) is 0 Å². The Balaban J connectivity index is 1.53. The van der Waals surface area contributed by atoms with Crippen LogP contribution in [0.5, 0.6) is 0 Å². The molecule has 0 saturated carbocycles. The summed E-state index contributed by atoms with van der Waals surface area (Å²) in [4.78, 5) is 30.7. The number of hydrogen-bond acceptors (Lipinski definition) is 6. The predicted molar refractivity (Wildman–Crippen MR) is 150 cm³/mol. The number of nitrogens with one attached hydrogen (secondary N) is 1. The second-order valence-electron chi connectivity index (χ2n) is 9.93. The molecule has 3 aromatic heterocycles. The molecule has 5 aromatic rings. The first-order valence-electron chi connectivity index (χ1n) is 13.1. The maximum Gasteiger partial charge on any atom is 0.333 e. The molecule has 2 aromatic carbocycles. The molecule has 5 rings (SSSR count). The van der Waals surface area contributed by atoms with Gasteiger partial charge in [-0.2, -0.15) is 0 Å². The number of imidazole rings is 1. The number of para-hydroxylation sites is 1. The smallest absolute Gasteiger partial charge is 0.294 e. The van der Waals surface area contributed by atoms with E-state index in [2.05, 4.69) is 46.4 Å². The molecule has 0 amide bonds. The van der Waals surface area contributed by atoms with E-state index in [0.717, 1.165) is 46.4 Å². The molecule has 0 spiro atoms. The van der Waals surface area contributed by atoms with E-state index in [-0.39, 0.29) is 17.4 Å². The second kappa shape index (κ2) is 11.0. The fourth-order valence-corrected chi connectivity index (χ4v) is 4.97. The lowest BCUT2D eigenvalue weighted by molar-refractivity contribution is 0.101. The highest BCUT2D eigenvalue weighted by atomic mass is 16.2. The molecule has 3 heterocycles. The number of carbonyl (C=O) groups is 1. The molecule has 198 valence electrons. The predicted octanol–water partition coefficient (Wildman–Crippen LogP) is 5.21. The van der Waals surface area contributed by atoms with Crippen molar-refractivity contribution < 1.29 is 4.79 Å². The zero-order valence-corrected chi connectivity index (χ0v) is 22.5. The average Bonchev–Trinajstić information content (AvgIpc) is 3.58. The first-order valence-corrected chi connectivity index (χ1v) is 13.1. The van der Waals surface area contributed by atoms with Gasteiger partial charge in [0.05, 0.1) is 12.2 Å². The minimum Gasteiger partial charge on any atom is -0.294 e. The molecule has 0 aliphatic carbocycles. The Labute approximate surface area is 226 Å². The Hall–Kier alpha value is -4.66. The zero-order chi connectivity index (χ0) is 27.5. The van der Waals surface area contributed by atoms with Crippen molar-refractivity contribution in [3.05, 3.63) is 100.0 Å². The fraction of sp³-hybridized carbons (Fsp3) is 0.267. The minimum atomic E-state index is -0.148. The van der Waals surface area contributed by atoms with Crippen molar-refractivity contribution in [3.8, 4) is 28.2 Å². The van der Waals surface area contributed by atoms with Crippen LogP contribution in [0.25, 0.3) is 28.2 Å². The maximum atomic E-state index is 13.9. The van der Waals surface area contributed by atoms with Gasteiger partial charge in [-0.25, -0.2) is 9.89 Å². The van der Waals surface area contributed by atoms with Gasteiger partial charge in [-0.1, -0.05) is 63.6 Å². The van der Waals surface area contributed by atoms with Gasteiger partial charge in [0.15, 0.2) is 11.6 Å². The van der Waals surface area contributed by atoms with Gasteiger partial charge < -0.3 is 0 Å². The number of aryl methyl sites for hydroxylation is 1. The number of pyridine rings is 1. The van der Waals surface area contributed by atoms with Crippen molar-refractivity contribution in [2.75, 3.05) is 0 Å². The van der Waals surface area contributed by atoms with E-state index in [1.165, 1.54) is 0 Å². The van der Waals surface area contributed by atoms with Crippen molar-refractivity contribution in [1.29, 1.82) is 0 Å². The van der Waals surface area contributed by atoms with Crippen LogP contribution >= 0.6 is 0 Å². The molecule has 0 aliphatic rings. The molecule has 0 fully saturated rings. The third-order valence-corrected chi connectivity index (χ3v) is 6.90. The van der Waals surface area contributed by atoms with Crippen molar-refractivity contribution in [3.63, 3.8) is 0 Å². The molecule has 0 radical (unpaired) electrons. The summed E-state index contributed by atoms with van der Waals surface area (Å²) in [7, 11) is 0. The van der Waals surface area contributed by atoms with E-state index >= 15 is 0 Å². The SMILES string of the molecule is CCCc1cn(-c2c(C(C)=O)cccc2C(C)C)c(=O)n1Cc1ccc(-c2cnccc2-c2nnn[nH]2)cc1. The monoisotopic (exact) mass is 521 g/mol. The normalized spacial score (nSPS) is 11.3. The van der Waals surface area contributed by atoms with Gasteiger partial charge in [0.2, 0.25) is 0 Å². The van der Waals surface area contributed by atoms with Gasteiger partial charge in [-0.3, -0.25) is 18.9 Å². The van der Waals surface area contributed by atoms with Crippen molar-refractivity contribution in [1.82, 2.24) is 34.7 Å². The molecule has 1 N–H and O–H groups in total. The summed E-state index contributed by atoms with van der Waals surface area (Å²) in [5.41, 5.74) is 6.72. The third kappa shape index (κ3) is 5.07. The molecule has 0 aliphatic heterocycles. The van der Waals surface area contributed by atoms with Crippen LogP contribution in [0.4, 0.5) is 0 Å². The van der Waals surface area contributed by atoms with E-state index in [0.29, 0.717) is 23.6 Å². The Bertz CT molecular complexity index is 1660. The molecule has 0 bridgehead atoms. The van der Waals surface area contributed by atoms with Crippen LogP contribution < -0.4 is 5.69 Å². The standard InChI is InChI=1S/C30H31N7O2/c1-5-7-23-18-37(28-24(19(2)3)8-6-9-25(28)20(4)38)30(39)36(23)17-21-10-12-22(13-11-21)27-16-31-15-14-26(27)29-32-34-35-33-29/h6,8-16,18-19H,5,7,17H2,1-4H3,(H,32,33,34,35). The topological polar surface area (TPSA) is 111 Å². The summed E-state index contributed by atoms with van der Waals surface area (Å²) in [6.07, 6.45) is 7.05. The molecule has 39 heavy (non-hydrogen) atoms.